The summed E-state index contributed by atoms with van der Waals surface area (Å²) < 4.78 is 11.7. The molecule has 3 nitrogen and oxygen atoms in total. The maximum atomic E-state index is 12.5. The van der Waals surface area contributed by atoms with Crippen molar-refractivity contribution in [2.45, 2.75) is 51.5 Å². The highest BCUT2D eigenvalue weighted by Gasteiger charge is 2.32. The van der Waals surface area contributed by atoms with E-state index in [2.05, 4.69) is 29.8 Å². The summed E-state index contributed by atoms with van der Waals surface area (Å²) in [5.41, 5.74) is 1.42. The number of alkyl halides is 1. The van der Waals surface area contributed by atoms with Crippen LogP contribution in [0.1, 0.15) is 50.9 Å². The Morgan fingerprint density at radius 1 is 1.38 bits per heavy atom. The number of ether oxygens (including phenoxy) is 2. The molecular formula is C17H21BrO3. The average molecular weight is 353 g/mol. The standard InChI is InChI=1S/C17H21BrO3/c1-5-7-12(11(4)18)20-13-8-6-9-14-15(13)16(19)17(21-14)10(2)3/h6,8-9,11-12H,5,7H2,1-4H3. The van der Waals surface area contributed by atoms with Crippen LogP contribution in [0.15, 0.2) is 29.5 Å². The van der Waals surface area contributed by atoms with E-state index in [0.29, 0.717) is 22.8 Å². The number of hydrogen-bond acceptors (Lipinski definition) is 3. The molecule has 0 N–H and O–H groups in total. The molecule has 0 aliphatic carbocycles. The molecule has 2 rings (SSSR count). The predicted octanol–water partition coefficient (Wildman–Crippen LogP) is 4.89. The highest BCUT2D eigenvalue weighted by molar-refractivity contribution is 9.09. The fourth-order valence-corrected chi connectivity index (χ4v) is 2.72. The minimum Gasteiger partial charge on any atom is -0.488 e. The number of hydrogen-bond donors (Lipinski definition) is 0. The number of halogens is 1. The smallest absolute Gasteiger partial charge is 0.235 e. The van der Waals surface area contributed by atoms with E-state index in [1.165, 1.54) is 0 Å². The molecule has 1 aromatic rings. The van der Waals surface area contributed by atoms with Crippen molar-refractivity contribution in [3.63, 3.8) is 0 Å². The lowest BCUT2D eigenvalue weighted by atomic mass is 10.1. The van der Waals surface area contributed by atoms with Crippen molar-refractivity contribution < 1.29 is 14.3 Å². The van der Waals surface area contributed by atoms with Crippen LogP contribution < -0.4 is 9.47 Å². The van der Waals surface area contributed by atoms with Crippen molar-refractivity contribution in [1.29, 1.82) is 0 Å². The molecule has 0 amide bonds. The Balaban J connectivity index is 2.35. The van der Waals surface area contributed by atoms with E-state index < -0.39 is 0 Å². The van der Waals surface area contributed by atoms with E-state index in [1.807, 2.05) is 32.0 Å². The Bertz CT molecular complexity index is 571. The summed E-state index contributed by atoms with van der Waals surface area (Å²) in [7, 11) is 0. The van der Waals surface area contributed by atoms with Crippen LogP contribution in [0.25, 0.3) is 0 Å². The van der Waals surface area contributed by atoms with Gasteiger partial charge in [-0.15, -0.1) is 0 Å². The van der Waals surface area contributed by atoms with Gasteiger partial charge in [-0.25, -0.2) is 0 Å². The molecular weight excluding hydrogens is 332 g/mol. The zero-order valence-electron chi connectivity index (χ0n) is 12.9. The monoisotopic (exact) mass is 352 g/mol. The fraction of sp³-hybridized carbons (Fsp3) is 0.471. The van der Waals surface area contributed by atoms with Gasteiger partial charge in [-0.3, -0.25) is 4.79 Å². The van der Waals surface area contributed by atoms with E-state index in [4.69, 9.17) is 9.47 Å². The third kappa shape index (κ3) is 3.31. The van der Waals surface area contributed by atoms with Crippen LogP contribution in [0, 0.1) is 0 Å². The lowest BCUT2D eigenvalue weighted by Crippen LogP contribution is -2.25. The largest absolute Gasteiger partial charge is 0.488 e. The third-order valence-electron chi connectivity index (χ3n) is 3.45. The molecule has 0 fully saturated rings. The zero-order valence-corrected chi connectivity index (χ0v) is 14.5. The van der Waals surface area contributed by atoms with E-state index >= 15 is 0 Å². The minimum atomic E-state index is -0.0851. The highest BCUT2D eigenvalue weighted by Crippen LogP contribution is 2.39. The van der Waals surface area contributed by atoms with Crippen molar-refractivity contribution in [3.05, 3.63) is 35.1 Å². The van der Waals surface area contributed by atoms with Gasteiger partial charge in [0.1, 0.15) is 23.2 Å². The van der Waals surface area contributed by atoms with Gasteiger partial charge in [0.2, 0.25) is 5.78 Å². The predicted molar refractivity (Wildman–Crippen MR) is 87.5 cm³/mol. The summed E-state index contributed by atoms with van der Waals surface area (Å²) in [4.78, 5) is 12.7. The fourth-order valence-electron chi connectivity index (χ4n) is 2.35. The molecule has 0 radical (unpaired) electrons. The summed E-state index contributed by atoms with van der Waals surface area (Å²) >= 11 is 3.58. The summed E-state index contributed by atoms with van der Waals surface area (Å²) in [6.07, 6.45) is 1.99. The first-order valence-corrected chi connectivity index (χ1v) is 8.21. The number of allylic oxidation sites excluding steroid dienone is 2. The second-order valence-electron chi connectivity index (χ2n) is 5.51. The average Bonchev–Trinajstić information content (AvgIpc) is 2.77. The molecule has 0 saturated carbocycles. The Hall–Kier alpha value is -1.29. The lowest BCUT2D eigenvalue weighted by Gasteiger charge is -2.21. The number of carbonyl (C=O) groups is 1. The molecule has 114 valence electrons. The van der Waals surface area contributed by atoms with Gasteiger partial charge < -0.3 is 9.47 Å². The number of rotatable bonds is 5. The molecule has 0 spiro atoms. The Kier molecular flexibility index (Phi) is 5.09. The summed E-state index contributed by atoms with van der Waals surface area (Å²) in [5.74, 6) is 1.53. The van der Waals surface area contributed by atoms with Crippen LogP contribution in [0.4, 0.5) is 0 Å². The van der Waals surface area contributed by atoms with Gasteiger partial charge in [0.05, 0.1) is 0 Å². The van der Waals surface area contributed by atoms with Crippen LogP contribution >= 0.6 is 15.9 Å². The highest BCUT2D eigenvalue weighted by atomic mass is 79.9. The van der Waals surface area contributed by atoms with Crippen LogP contribution in [0.5, 0.6) is 11.5 Å². The van der Waals surface area contributed by atoms with Crippen molar-refractivity contribution in [1.82, 2.24) is 0 Å². The zero-order chi connectivity index (χ0) is 15.6. The molecule has 4 heteroatoms. The van der Waals surface area contributed by atoms with Gasteiger partial charge in [-0.1, -0.05) is 35.3 Å². The number of carbonyl (C=O) groups excluding carboxylic acids is 1. The Labute approximate surface area is 134 Å². The minimum absolute atomic E-state index is 0.0325. The second-order valence-corrected chi connectivity index (χ2v) is 6.96. The Morgan fingerprint density at radius 2 is 2.10 bits per heavy atom. The van der Waals surface area contributed by atoms with Crippen molar-refractivity contribution in [2.75, 3.05) is 0 Å². The number of Topliss-reactive ketones (excluding diaryl/α,β-unsaturated/α-hetero) is 1. The van der Waals surface area contributed by atoms with Crippen LogP contribution in [0.2, 0.25) is 0 Å². The first kappa shape index (κ1) is 16.1. The normalized spacial score (nSPS) is 16.2. The van der Waals surface area contributed by atoms with Gasteiger partial charge in [-0.05, 0) is 44.9 Å². The van der Waals surface area contributed by atoms with Crippen molar-refractivity contribution in [2.24, 2.45) is 0 Å². The molecule has 21 heavy (non-hydrogen) atoms. The molecule has 1 heterocycles. The van der Waals surface area contributed by atoms with Crippen LogP contribution in [0.3, 0.4) is 0 Å². The van der Waals surface area contributed by atoms with E-state index in [1.54, 1.807) is 0 Å². The molecule has 0 bridgehead atoms. The van der Waals surface area contributed by atoms with E-state index in [0.717, 1.165) is 18.4 Å². The molecule has 2 unspecified atom stereocenters. The summed E-state index contributed by atoms with van der Waals surface area (Å²) in [6.45, 7) is 7.93. The quantitative estimate of drug-likeness (QED) is 0.559. The topological polar surface area (TPSA) is 35.5 Å². The maximum Gasteiger partial charge on any atom is 0.235 e. The molecule has 0 saturated heterocycles. The lowest BCUT2D eigenvalue weighted by molar-refractivity contribution is 0.100. The molecule has 1 aliphatic rings. The second kappa shape index (κ2) is 6.65. The van der Waals surface area contributed by atoms with Gasteiger partial charge in [0.15, 0.2) is 5.76 Å². The van der Waals surface area contributed by atoms with Gasteiger partial charge >= 0.3 is 0 Å². The summed E-state index contributed by atoms with van der Waals surface area (Å²) in [5, 5.41) is 0. The first-order chi connectivity index (χ1) is 9.95. The molecule has 1 aliphatic heterocycles. The summed E-state index contributed by atoms with van der Waals surface area (Å²) in [6, 6.07) is 5.51. The van der Waals surface area contributed by atoms with Crippen molar-refractivity contribution in [3.8, 4) is 11.5 Å². The number of ketones is 1. The Morgan fingerprint density at radius 3 is 2.67 bits per heavy atom. The van der Waals surface area contributed by atoms with Crippen LogP contribution in [-0.2, 0) is 0 Å². The number of benzene rings is 1. The van der Waals surface area contributed by atoms with Gasteiger partial charge in [0, 0.05) is 4.83 Å². The SMILES string of the molecule is CCCC(Oc1cccc2c1C(=O)C(=C(C)C)O2)C(C)Br. The number of fused-ring (bicyclic) bond motifs is 1. The molecule has 2 atom stereocenters. The van der Waals surface area contributed by atoms with Gasteiger partial charge in [-0.2, -0.15) is 0 Å². The van der Waals surface area contributed by atoms with Crippen molar-refractivity contribution >= 4 is 21.7 Å². The van der Waals surface area contributed by atoms with E-state index in [-0.39, 0.29) is 16.7 Å². The molecule has 0 aromatic heterocycles. The molecule has 1 aromatic carbocycles. The van der Waals surface area contributed by atoms with Crippen LogP contribution in [-0.4, -0.2) is 16.7 Å². The first-order valence-electron chi connectivity index (χ1n) is 7.29. The van der Waals surface area contributed by atoms with Gasteiger partial charge in [0.25, 0.3) is 0 Å². The van der Waals surface area contributed by atoms with E-state index in [9.17, 15) is 4.79 Å². The third-order valence-corrected chi connectivity index (χ3v) is 4.04. The maximum absolute atomic E-state index is 12.5.